The highest BCUT2D eigenvalue weighted by molar-refractivity contribution is 5.97. The molecule has 1 aliphatic rings. The fourth-order valence-electron chi connectivity index (χ4n) is 2.01. The SMILES string of the molecule is N#Cc1cc(C(F)(F)F)ccc1N1CC(N)CC1=O. The van der Waals surface area contributed by atoms with Gasteiger partial charge in [0.2, 0.25) is 5.91 Å². The average molecular weight is 269 g/mol. The predicted octanol–water partition coefficient (Wildman–Crippen LogP) is 1.64. The van der Waals surface area contributed by atoms with Crippen LogP contribution >= 0.6 is 0 Å². The normalized spacial score (nSPS) is 19.6. The maximum Gasteiger partial charge on any atom is 0.416 e. The Morgan fingerprint density at radius 2 is 2.11 bits per heavy atom. The Labute approximate surface area is 107 Å². The van der Waals surface area contributed by atoms with Gasteiger partial charge in [0.15, 0.2) is 0 Å². The minimum Gasteiger partial charge on any atom is -0.326 e. The number of benzene rings is 1. The summed E-state index contributed by atoms with van der Waals surface area (Å²) in [7, 11) is 0. The minimum atomic E-state index is -4.52. The average Bonchev–Trinajstić information content (AvgIpc) is 2.66. The van der Waals surface area contributed by atoms with Crippen molar-refractivity contribution in [2.75, 3.05) is 11.4 Å². The van der Waals surface area contributed by atoms with Gasteiger partial charge in [0, 0.05) is 19.0 Å². The maximum atomic E-state index is 12.5. The third kappa shape index (κ3) is 2.53. The fraction of sp³-hybridized carbons (Fsp3) is 0.333. The van der Waals surface area contributed by atoms with Gasteiger partial charge >= 0.3 is 6.18 Å². The van der Waals surface area contributed by atoms with Gasteiger partial charge < -0.3 is 10.6 Å². The molecular weight excluding hydrogens is 259 g/mol. The quantitative estimate of drug-likeness (QED) is 0.842. The summed E-state index contributed by atoms with van der Waals surface area (Å²) in [5.74, 6) is -0.288. The highest BCUT2D eigenvalue weighted by Crippen LogP contribution is 2.33. The van der Waals surface area contributed by atoms with Gasteiger partial charge in [-0.3, -0.25) is 4.79 Å². The minimum absolute atomic E-state index is 0.131. The second kappa shape index (κ2) is 4.55. The number of nitriles is 1. The zero-order valence-electron chi connectivity index (χ0n) is 9.74. The Balaban J connectivity index is 2.43. The van der Waals surface area contributed by atoms with Crippen molar-refractivity contribution in [2.45, 2.75) is 18.6 Å². The van der Waals surface area contributed by atoms with E-state index in [1.807, 2.05) is 0 Å². The maximum absolute atomic E-state index is 12.5. The molecule has 0 bridgehead atoms. The van der Waals surface area contributed by atoms with E-state index in [1.165, 1.54) is 4.90 Å². The monoisotopic (exact) mass is 269 g/mol. The molecule has 1 aliphatic heterocycles. The lowest BCUT2D eigenvalue weighted by molar-refractivity contribution is -0.137. The molecule has 1 unspecified atom stereocenters. The van der Waals surface area contributed by atoms with Gasteiger partial charge in [-0.05, 0) is 18.2 Å². The van der Waals surface area contributed by atoms with E-state index in [2.05, 4.69) is 0 Å². The molecule has 0 spiro atoms. The standard InChI is InChI=1S/C12H10F3N3O/c13-12(14,15)8-1-2-10(7(3-8)5-16)18-6-9(17)4-11(18)19/h1-3,9H,4,6,17H2. The number of rotatable bonds is 1. The van der Waals surface area contributed by atoms with Crippen molar-refractivity contribution in [1.29, 1.82) is 5.26 Å². The second-order valence-electron chi connectivity index (χ2n) is 4.31. The number of carbonyl (C=O) groups is 1. The van der Waals surface area contributed by atoms with E-state index in [1.54, 1.807) is 6.07 Å². The molecule has 1 amide bonds. The molecule has 100 valence electrons. The summed E-state index contributed by atoms with van der Waals surface area (Å²) in [6.45, 7) is 0.207. The Morgan fingerprint density at radius 3 is 2.58 bits per heavy atom. The van der Waals surface area contributed by atoms with E-state index < -0.39 is 11.7 Å². The van der Waals surface area contributed by atoms with E-state index in [0.29, 0.717) is 0 Å². The number of hydrogen-bond acceptors (Lipinski definition) is 3. The smallest absolute Gasteiger partial charge is 0.326 e. The second-order valence-corrected chi connectivity index (χ2v) is 4.31. The number of hydrogen-bond donors (Lipinski definition) is 1. The van der Waals surface area contributed by atoms with Crippen molar-refractivity contribution in [3.05, 3.63) is 29.3 Å². The van der Waals surface area contributed by atoms with Gasteiger partial charge in [0.1, 0.15) is 6.07 Å². The third-order valence-electron chi connectivity index (χ3n) is 2.89. The molecule has 1 aromatic rings. The van der Waals surface area contributed by atoms with Crippen LogP contribution in [0.1, 0.15) is 17.5 Å². The van der Waals surface area contributed by atoms with Gasteiger partial charge in [-0.1, -0.05) is 0 Å². The van der Waals surface area contributed by atoms with Crippen LogP contribution in [0.3, 0.4) is 0 Å². The summed E-state index contributed by atoms with van der Waals surface area (Å²) in [6, 6.07) is 4.06. The van der Waals surface area contributed by atoms with Crippen molar-refractivity contribution < 1.29 is 18.0 Å². The molecule has 1 atom stereocenters. The van der Waals surface area contributed by atoms with Crippen LogP contribution in [-0.4, -0.2) is 18.5 Å². The van der Waals surface area contributed by atoms with Gasteiger partial charge in [0.25, 0.3) is 0 Å². The number of nitrogens with zero attached hydrogens (tertiary/aromatic N) is 2. The molecule has 1 fully saturated rings. The molecule has 1 saturated heterocycles. The van der Waals surface area contributed by atoms with Gasteiger partial charge in [-0.25, -0.2) is 0 Å². The lowest BCUT2D eigenvalue weighted by Crippen LogP contribution is -2.28. The highest BCUT2D eigenvalue weighted by Gasteiger charge is 2.33. The van der Waals surface area contributed by atoms with Crippen molar-refractivity contribution in [2.24, 2.45) is 5.73 Å². The molecule has 1 heterocycles. The van der Waals surface area contributed by atoms with Crippen LogP contribution in [0.15, 0.2) is 18.2 Å². The Bertz CT molecular complexity index is 562. The Hall–Kier alpha value is -2.07. The molecular formula is C12H10F3N3O. The van der Waals surface area contributed by atoms with E-state index in [9.17, 15) is 18.0 Å². The molecule has 4 nitrogen and oxygen atoms in total. The summed E-state index contributed by atoms with van der Waals surface area (Å²) in [5.41, 5.74) is 4.70. The van der Waals surface area contributed by atoms with Gasteiger partial charge in [0.05, 0.1) is 16.8 Å². The lowest BCUT2D eigenvalue weighted by Gasteiger charge is -2.18. The Morgan fingerprint density at radius 1 is 1.42 bits per heavy atom. The molecule has 0 aliphatic carbocycles. The largest absolute Gasteiger partial charge is 0.416 e. The summed E-state index contributed by atoms with van der Waals surface area (Å²) >= 11 is 0. The van der Waals surface area contributed by atoms with Crippen LogP contribution in [-0.2, 0) is 11.0 Å². The third-order valence-corrected chi connectivity index (χ3v) is 2.89. The molecule has 7 heteroatoms. The van der Waals surface area contributed by atoms with Crippen molar-refractivity contribution >= 4 is 11.6 Å². The summed E-state index contributed by atoms with van der Waals surface area (Å²) in [5, 5.41) is 8.93. The fourth-order valence-corrected chi connectivity index (χ4v) is 2.01. The number of alkyl halides is 3. The zero-order valence-corrected chi connectivity index (χ0v) is 9.74. The topological polar surface area (TPSA) is 70.1 Å². The molecule has 2 N–H and O–H groups in total. The van der Waals surface area contributed by atoms with Crippen molar-refractivity contribution in [3.8, 4) is 6.07 Å². The zero-order chi connectivity index (χ0) is 14.2. The first kappa shape index (κ1) is 13.4. The van der Waals surface area contributed by atoms with Crippen LogP contribution < -0.4 is 10.6 Å². The van der Waals surface area contributed by atoms with Crippen LogP contribution in [0.2, 0.25) is 0 Å². The first-order valence-corrected chi connectivity index (χ1v) is 5.50. The molecule has 1 aromatic carbocycles. The predicted molar refractivity (Wildman–Crippen MR) is 61.1 cm³/mol. The van der Waals surface area contributed by atoms with Crippen LogP contribution in [0.25, 0.3) is 0 Å². The van der Waals surface area contributed by atoms with Gasteiger partial charge in [-0.15, -0.1) is 0 Å². The Kier molecular flexibility index (Phi) is 3.20. The van der Waals surface area contributed by atoms with Crippen molar-refractivity contribution in [3.63, 3.8) is 0 Å². The van der Waals surface area contributed by atoms with Crippen molar-refractivity contribution in [1.82, 2.24) is 0 Å². The number of anilines is 1. The molecule has 0 radical (unpaired) electrons. The summed E-state index contributed by atoms with van der Waals surface area (Å²) in [4.78, 5) is 12.9. The van der Waals surface area contributed by atoms with E-state index in [-0.39, 0.29) is 36.2 Å². The summed E-state index contributed by atoms with van der Waals surface area (Å²) in [6.07, 6.45) is -4.39. The lowest BCUT2D eigenvalue weighted by atomic mass is 10.1. The first-order valence-electron chi connectivity index (χ1n) is 5.50. The van der Waals surface area contributed by atoms with E-state index in [0.717, 1.165) is 18.2 Å². The molecule has 0 saturated carbocycles. The molecule has 19 heavy (non-hydrogen) atoms. The molecule has 0 aromatic heterocycles. The van der Waals surface area contributed by atoms with Crippen LogP contribution in [0.4, 0.5) is 18.9 Å². The van der Waals surface area contributed by atoms with Gasteiger partial charge in [-0.2, -0.15) is 18.4 Å². The van der Waals surface area contributed by atoms with Crippen LogP contribution in [0.5, 0.6) is 0 Å². The van der Waals surface area contributed by atoms with Crippen LogP contribution in [0, 0.1) is 11.3 Å². The van der Waals surface area contributed by atoms with E-state index in [4.69, 9.17) is 11.0 Å². The number of amides is 1. The first-order chi connectivity index (χ1) is 8.82. The number of carbonyl (C=O) groups excluding carboxylic acids is 1. The molecule has 2 rings (SSSR count). The summed E-state index contributed by atoms with van der Waals surface area (Å²) < 4.78 is 37.6. The van der Waals surface area contributed by atoms with E-state index >= 15 is 0 Å². The number of nitrogens with two attached hydrogens (primary N) is 1. The highest BCUT2D eigenvalue weighted by atomic mass is 19.4. The number of halogens is 3.